The van der Waals surface area contributed by atoms with Gasteiger partial charge in [-0.15, -0.1) is 11.3 Å². The van der Waals surface area contributed by atoms with Gasteiger partial charge in [0.25, 0.3) is 5.91 Å². The van der Waals surface area contributed by atoms with E-state index in [-0.39, 0.29) is 11.9 Å². The zero-order chi connectivity index (χ0) is 20.9. The van der Waals surface area contributed by atoms with Gasteiger partial charge in [0.15, 0.2) is 11.5 Å². The van der Waals surface area contributed by atoms with Crippen molar-refractivity contribution in [1.82, 2.24) is 9.88 Å². The van der Waals surface area contributed by atoms with E-state index < -0.39 is 0 Å². The first-order valence-electron chi connectivity index (χ1n) is 9.88. The molecule has 3 aromatic rings. The van der Waals surface area contributed by atoms with Gasteiger partial charge in [-0.1, -0.05) is 29.8 Å². The lowest BCUT2D eigenvalue weighted by Crippen LogP contribution is -2.36. The highest BCUT2D eigenvalue weighted by Gasteiger charge is 2.30. The molecule has 5 nitrogen and oxygen atoms in total. The van der Waals surface area contributed by atoms with E-state index in [4.69, 9.17) is 21.1 Å². The van der Waals surface area contributed by atoms with E-state index in [2.05, 4.69) is 4.98 Å². The maximum absolute atomic E-state index is 13.2. The Labute approximate surface area is 185 Å². The molecule has 1 unspecified atom stereocenters. The lowest BCUT2D eigenvalue weighted by molar-refractivity contribution is 0.0736. The van der Waals surface area contributed by atoms with Crippen LogP contribution in [0.4, 0.5) is 0 Å². The fourth-order valence-electron chi connectivity index (χ4n) is 3.78. The van der Waals surface area contributed by atoms with Gasteiger partial charge in [0.1, 0.15) is 6.61 Å². The summed E-state index contributed by atoms with van der Waals surface area (Å²) >= 11 is 7.86. The molecule has 1 aromatic heterocycles. The standard InChI is InChI=1S/C23H23ClN2O3S/c1-28-22-12-17(8-9-21(22)29-13-18-14-30-15-25-18)23(27)26-10-4-6-19(26)11-16-5-2-3-7-20(16)24/h2-3,5,7-9,12,14-15,19H,4,6,10-11,13H2,1H3. The number of methoxy groups -OCH3 is 1. The van der Waals surface area contributed by atoms with Crippen LogP contribution in [0.3, 0.4) is 0 Å². The Kier molecular flexibility index (Phi) is 6.55. The van der Waals surface area contributed by atoms with Gasteiger partial charge in [-0.3, -0.25) is 4.79 Å². The number of halogens is 1. The molecule has 1 aliphatic heterocycles. The summed E-state index contributed by atoms with van der Waals surface area (Å²) in [4.78, 5) is 19.4. The second kappa shape index (κ2) is 9.49. The smallest absolute Gasteiger partial charge is 0.254 e. The largest absolute Gasteiger partial charge is 0.493 e. The highest BCUT2D eigenvalue weighted by atomic mass is 35.5. The fraction of sp³-hybridized carbons (Fsp3) is 0.304. The predicted octanol–water partition coefficient (Wildman–Crippen LogP) is 5.23. The first-order valence-corrected chi connectivity index (χ1v) is 11.2. The molecule has 1 atom stereocenters. The molecule has 0 radical (unpaired) electrons. The van der Waals surface area contributed by atoms with Crippen molar-refractivity contribution < 1.29 is 14.3 Å². The van der Waals surface area contributed by atoms with Gasteiger partial charge >= 0.3 is 0 Å². The fourth-order valence-corrected chi connectivity index (χ4v) is 4.54. The molecule has 0 aliphatic carbocycles. The maximum atomic E-state index is 13.2. The summed E-state index contributed by atoms with van der Waals surface area (Å²) in [7, 11) is 1.58. The SMILES string of the molecule is COc1cc(C(=O)N2CCCC2Cc2ccccc2Cl)ccc1OCc1cscn1. The molecule has 156 valence electrons. The molecule has 4 rings (SSSR count). The van der Waals surface area contributed by atoms with Crippen molar-refractivity contribution in [3.63, 3.8) is 0 Å². The van der Waals surface area contributed by atoms with Gasteiger partial charge in [-0.25, -0.2) is 4.98 Å². The lowest BCUT2D eigenvalue weighted by atomic mass is 10.0. The molecule has 1 saturated heterocycles. The number of benzene rings is 2. The molecule has 30 heavy (non-hydrogen) atoms. The number of carbonyl (C=O) groups excluding carboxylic acids is 1. The average Bonchev–Trinajstić information content (AvgIpc) is 3.45. The molecule has 0 spiro atoms. The van der Waals surface area contributed by atoms with Crippen molar-refractivity contribution in [2.75, 3.05) is 13.7 Å². The van der Waals surface area contributed by atoms with Crippen LogP contribution >= 0.6 is 22.9 Å². The Bertz CT molecular complexity index is 1010. The van der Waals surface area contributed by atoms with Crippen LogP contribution < -0.4 is 9.47 Å². The third-order valence-electron chi connectivity index (χ3n) is 5.32. The predicted molar refractivity (Wildman–Crippen MR) is 119 cm³/mol. The summed E-state index contributed by atoms with van der Waals surface area (Å²) in [5.41, 5.74) is 4.31. The minimum Gasteiger partial charge on any atom is -0.493 e. The number of ether oxygens (including phenoxy) is 2. The molecule has 1 fully saturated rings. The Balaban J connectivity index is 1.48. The number of thiazole rings is 1. The Hall–Kier alpha value is -2.57. The van der Waals surface area contributed by atoms with Crippen molar-refractivity contribution in [1.29, 1.82) is 0 Å². The zero-order valence-corrected chi connectivity index (χ0v) is 18.3. The Morgan fingerprint density at radius 3 is 2.90 bits per heavy atom. The van der Waals surface area contributed by atoms with Gasteiger partial charge in [-0.05, 0) is 49.1 Å². The zero-order valence-electron chi connectivity index (χ0n) is 16.7. The van der Waals surface area contributed by atoms with Crippen molar-refractivity contribution in [3.8, 4) is 11.5 Å². The number of likely N-dealkylation sites (tertiary alicyclic amines) is 1. The topological polar surface area (TPSA) is 51.7 Å². The van der Waals surface area contributed by atoms with Crippen LogP contribution in [0.25, 0.3) is 0 Å². The van der Waals surface area contributed by atoms with Crippen LogP contribution in [0.2, 0.25) is 5.02 Å². The molecule has 2 aromatic carbocycles. The Morgan fingerprint density at radius 2 is 2.13 bits per heavy atom. The lowest BCUT2D eigenvalue weighted by Gasteiger charge is -2.25. The molecule has 2 heterocycles. The number of hydrogen-bond acceptors (Lipinski definition) is 5. The van der Waals surface area contributed by atoms with Crippen molar-refractivity contribution in [2.24, 2.45) is 0 Å². The third kappa shape index (κ3) is 4.60. The maximum Gasteiger partial charge on any atom is 0.254 e. The molecule has 0 saturated carbocycles. The van der Waals surface area contributed by atoms with E-state index in [1.165, 1.54) is 11.3 Å². The highest BCUT2D eigenvalue weighted by molar-refractivity contribution is 7.07. The summed E-state index contributed by atoms with van der Waals surface area (Å²) in [5, 5.41) is 2.69. The normalized spacial score (nSPS) is 15.9. The van der Waals surface area contributed by atoms with E-state index in [0.717, 1.165) is 42.1 Å². The summed E-state index contributed by atoms with van der Waals surface area (Å²) in [6.45, 7) is 1.11. The Morgan fingerprint density at radius 1 is 1.27 bits per heavy atom. The van der Waals surface area contributed by atoms with Crippen LogP contribution in [0.1, 0.15) is 34.5 Å². The van der Waals surface area contributed by atoms with Gasteiger partial charge in [-0.2, -0.15) is 0 Å². The van der Waals surface area contributed by atoms with E-state index in [1.54, 1.807) is 30.8 Å². The molecule has 0 N–H and O–H groups in total. The van der Waals surface area contributed by atoms with Gasteiger partial charge in [0.05, 0.1) is 18.3 Å². The summed E-state index contributed by atoms with van der Waals surface area (Å²) in [6, 6.07) is 13.3. The number of hydrogen-bond donors (Lipinski definition) is 0. The third-order valence-corrected chi connectivity index (χ3v) is 6.32. The van der Waals surface area contributed by atoms with Crippen LogP contribution in [0.5, 0.6) is 11.5 Å². The van der Waals surface area contributed by atoms with Gasteiger partial charge < -0.3 is 14.4 Å². The van der Waals surface area contributed by atoms with Crippen molar-refractivity contribution >= 4 is 28.8 Å². The number of aromatic nitrogens is 1. The molecular formula is C23H23ClN2O3S. The minimum absolute atomic E-state index is 0.00825. The van der Waals surface area contributed by atoms with Crippen molar-refractivity contribution in [2.45, 2.75) is 31.9 Å². The van der Waals surface area contributed by atoms with Crippen LogP contribution in [0, 0.1) is 0 Å². The molecule has 7 heteroatoms. The number of nitrogens with zero attached hydrogens (tertiary/aromatic N) is 2. The number of carbonyl (C=O) groups is 1. The second-order valence-corrected chi connectivity index (χ2v) is 8.35. The second-order valence-electron chi connectivity index (χ2n) is 7.22. The quantitative estimate of drug-likeness (QED) is 0.502. The monoisotopic (exact) mass is 442 g/mol. The summed E-state index contributed by atoms with van der Waals surface area (Å²) < 4.78 is 11.3. The average molecular weight is 443 g/mol. The van der Waals surface area contributed by atoms with E-state index in [9.17, 15) is 4.79 Å². The molecule has 1 aliphatic rings. The first-order chi connectivity index (χ1) is 14.7. The first kappa shape index (κ1) is 20.7. The number of rotatable bonds is 7. The van der Waals surface area contributed by atoms with Gasteiger partial charge in [0.2, 0.25) is 0 Å². The van der Waals surface area contributed by atoms with E-state index in [0.29, 0.717) is 23.7 Å². The van der Waals surface area contributed by atoms with Crippen molar-refractivity contribution in [3.05, 3.63) is 75.2 Å². The highest BCUT2D eigenvalue weighted by Crippen LogP contribution is 2.31. The summed E-state index contributed by atoms with van der Waals surface area (Å²) in [5.74, 6) is 1.14. The van der Waals surface area contributed by atoms with Crippen LogP contribution in [0.15, 0.2) is 53.4 Å². The van der Waals surface area contributed by atoms with E-state index in [1.807, 2.05) is 34.5 Å². The minimum atomic E-state index is 0.00825. The van der Waals surface area contributed by atoms with Crippen LogP contribution in [-0.2, 0) is 13.0 Å². The van der Waals surface area contributed by atoms with Crippen LogP contribution in [-0.4, -0.2) is 35.5 Å². The molecule has 1 amide bonds. The molecule has 0 bridgehead atoms. The van der Waals surface area contributed by atoms with E-state index >= 15 is 0 Å². The van der Waals surface area contributed by atoms with Gasteiger partial charge in [0, 0.05) is 28.6 Å². The summed E-state index contributed by atoms with van der Waals surface area (Å²) in [6.07, 6.45) is 2.73. The molecular weight excluding hydrogens is 420 g/mol. The number of amides is 1.